The molecule has 5 rings (SSSR count). The average Bonchev–Trinajstić information content (AvgIpc) is 2.89. The van der Waals surface area contributed by atoms with Crippen molar-refractivity contribution in [3.63, 3.8) is 0 Å². The molecule has 12 heteroatoms. The fourth-order valence-electron chi connectivity index (χ4n) is 4.18. The van der Waals surface area contributed by atoms with Crippen LogP contribution in [0.15, 0.2) is 61.4 Å². The van der Waals surface area contributed by atoms with Gasteiger partial charge in [0.25, 0.3) is 0 Å². The van der Waals surface area contributed by atoms with Crippen LogP contribution in [0.4, 0.5) is 23.1 Å². The fourth-order valence-corrected chi connectivity index (χ4v) is 4.50. The summed E-state index contributed by atoms with van der Waals surface area (Å²) in [6.45, 7) is 7.84. The second-order valence-electron chi connectivity index (χ2n) is 8.70. The van der Waals surface area contributed by atoms with Crippen molar-refractivity contribution in [3.05, 3.63) is 67.0 Å². The average molecular weight is 517 g/mol. The van der Waals surface area contributed by atoms with E-state index in [-0.39, 0.29) is 5.70 Å². The molecule has 0 amide bonds. The van der Waals surface area contributed by atoms with Crippen LogP contribution in [0.2, 0.25) is 0 Å². The highest BCUT2D eigenvalue weighted by Crippen LogP contribution is 2.29. The zero-order valence-electron chi connectivity index (χ0n) is 20.2. The molecule has 1 unspecified atom stereocenters. The summed E-state index contributed by atoms with van der Waals surface area (Å²) < 4.78 is 24.3. The van der Waals surface area contributed by atoms with Gasteiger partial charge in [-0.15, -0.1) is 0 Å². The monoisotopic (exact) mass is 516 g/mol. The quantitative estimate of drug-likeness (QED) is 0.313. The number of rotatable bonds is 7. The van der Waals surface area contributed by atoms with Crippen molar-refractivity contribution < 1.29 is 8.76 Å². The van der Waals surface area contributed by atoms with Gasteiger partial charge in [-0.2, -0.15) is 4.98 Å². The number of benzene rings is 1. The lowest BCUT2D eigenvalue weighted by molar-refractivity contribution is 0.313. The molecule has 1 saturated heterocycles. The van der Waals surface area contributed by atoms with Crippen LogP contribution in [0.1, 0.15) is 5.56 Å². The molecular formula is C25H26N9O2S-. The number of nitrogens with two attached hydrogens (primary N) is 1. The van der Waals surface area contributed by atoms with Crippen LogP contribution in [0.25, 0.3) is 28.0 Å². The van der Waals surface area contributed by atoms with E-state index < -0.39 is 11.3 Å². The number of nitrogen functional groups attached to an aromatic ring is 1. The topological polar surface area (TPSA) is 148 Å². The standard InChI is InChI=1S/C25H27N9O2S/c1-16(32-37(35)36)17-7-9-27-21(15-17)23-22-20(8-10-28-23)24(26)31-25(30-22)29-18-3-5-19(6-4-18)34-13-11-33(2)12-14-34/h3-10,15,32H,1,11-14H2,2H3,(H,35,36)(H3,26,29,30,31)/p-1. The second kappa shape index (κ2) is 10.5. The van der Waals surface area contributed by atoms with Crippen molar-refractivity contribution in [1.29, 1.82) is 0 Å². The number of anilines is 4. The van der Waals surface area contributed by atoms with Gasteiger partial charge in [0.05, 0.1) is 5.69 Å². The highest BCUT2D eigenvalue weighted by molar-refractivity contribution is 7.77. The Hall–Kier alpha value is -4.13. The molecular weight excluding hydrogens is 490 g/mol. The molecule has 4 aromatic rings. The summed E-state index contributed by atoms with van der Waals surface area (Å²) in [4.78, 5) is 22.7. The van der Waals surface area contributed by atoms with E-state index in [1.54, 1.807) is 30.6 Å². The lowest BCUT2D eigenvalue weighted by Crippen LogP contribution is -2.44. The van der Waals surface area contributed by atoms with E-state index in [0.717, 1.165) is 31.9 Å². The predicted molar refractivity (Wildman–Crippen MR) is 146 cm³/mol. The van der Waals surface area contributed by atoms with E-state index in [0.29, 0.717) is 39.6 Å². The Morgan fingerprint density at radius 3 is 2.51 bits per heavy atom. The molecule has 37 heavy (non-hydrogen) atoms. The highest BCUT2D eigenvalue weighted by atomic mass is 32.2. The van der Waals surface area contributed by atoms with Crippen molar-refractivity contribution in [2.24, 2.45) is 0 Å². The third kappa shape index (κ3) is 5.50. The summed E-state index contributed by atoms with van der Waals surface area (Å²) in [5.41, 5.74) is 10.5. The van der Waals surface area contributed by atoms with Gasteiger partial charge in [-0.25, -0.2) is 4.98 Å². The summed E-state index contributed by atoms with van der Waals surface area (Å²) in [6.07, 6.45) is 3.16. The van der Waals surface area contributed by atoms with Gasteiger partial charge in [0.1, 0.15) is 17.0 Å². The number of fused-ring (bicyclic) bond motifs is 1. The highest BCUT2D eigenvalue weighted by Gasteiger charge is 2.16. The Bertz CT molecular complexity index is 1470. The number of pyridine rings is 2. The Morgan fingerprint density at radius 1 is 1.05 bits per heavy atom. The number of nitrogens with one attached hydrogen (secondary N) is 2. The van der Waals surface area contributed by atoms with Gasteiger partial charge in [0.2, 0.25) is 5.95 Å². The van der Waals surface area contributed by atoms with E-state index in [2.05, 4.69) is 60.5 Å². The molecule has 11 nitrogen and oxygen atoms in total. The van der Waals surface area contributed by atoms with Crippen LogP contribution in [0.5, 0.6) is 0 Å². The first-order valence-corrected chi connectivity index (χ1v) is 12.7. The lowest BCUT2D eigenvalue weighted by atomic mass is 10.1. The minimum Gasteiger partial charge on any atom is -0.755 e. The van der Waals surface area contributed by atoms with Gasteiger partial charge in [-0.1, -0.05) is 6.58 Å². The molecule has 1 aliphatic heterocycles. The molecule has 3 aromatic heterocycles. The molecule has 0 radical (unpaired) electrons. The molecule has 4 N–H and O–H groups in total. The summed E-state index contributed by atoms with van der Waals surface area (Å²) in [5, 5.41) is 3.86. The van der Waals surface area contributed by atoms with Gasteiger partial charge in [-0.3, -0.25) is 14.2 Å². The normalized spacial score (nSPS) is 14.9. The van der Waals surface area contributed by atoms with E-state index in [4.69, 9.17) is 10.7 Å². The van der Waals surface area contributed by atoms with Crippen molar-refractivity contribution in [2.45, 2.75) is 0 Å². The number of piperazine rings is 1. The van der Waals surface area contributed by atoms with E-state index in [1.165, 1.54) is 5.69 Å². The Labute approximate surface area is 216 Å². The van der Waals surface area contributed by atoms with E-state index >= 15 is 0 Å². The Kier molecular flexibility index (Phi) is 6.95. The number of hydrogen-bond acceptors (Lipinski definition) is 10. The van der Waals surface area contributed by atoms with Crippen molar-refractivity contribution in [2.75, 3.05) is 49.2 Å². The maximum atomic E-state index is 11.0. The van der Waals surface area contributed by atoms with Gasteiger partial charge in [-0.05, 0) is 49.5 Å². The molecule has 0 spiro atoms. The van der Waals surface area contributed by atoms with E-state index in [9.17, 15) is 8.76 Å². The Morgan fingerprint density at radius 2 is 1.78 bits per heavy atom. The molecule has 1 fully saturated rings. The number of likely N-dealkylation sites (N-methyl/N-ethyl adjacent to an activating group) is 1. The van der Waals surface area contributed by atoms with Gasteiger partial charge >= 0.3 is 0 Å². The third-order valence-electron chi connectivity index (χ3n) is 6.19. The van der Waals surface area contributed by atoms with Gasteiger partial charge in [0.15, 0.2) is 0 Å². The summed E-state index contributed by atoms with van der Waals surface area (Å²) in [7, 11) is 2.14. The number of nitrogens with zero attached hydrogens (tertiary/aromatic N) is 6. The lowest BCUT2D eigenvalue weighted by Gasteiger charge is -2.34. The zero-order valence-corrected chi connectivity index (χ0v) is 21.0. The molecule has 0 bridgehead atoms. The second-order valence-corrected chi connectivity index (χ2v) is 9.37. The Balaban J connectivity index is 1.43. The minimum absolute atomic E-state index is 0.216. The minimum atomic E-state index is -2.49. The molecule has 1 aromatic carbocycles. The molecule has 190 valence electrons. The van der Waals surface area contributed by atoms with Crippen LogP contribution >= 0.6 is 0 Å². The summed E-state index contributed by atoms with van der Waals surface area (Å²) >= 11 is -2.49. The summed E-state index contributed by atoms with van der Waals surface area (Å²) in [5.74, 6) is 0.629. The predicted octanol–water partition coefficient (Wildman–Crippen LogP) is 2.52. The fraction of sp³-hybridized carbons (Fsp3) is 0.200. The molecule has 0 saturated carbocycles. The molecule has 1 aliphatic rings. The summed E-state index contributed by atoms with van der Waals surface area (Å²) in [6, 6.07) is 13.2. The molecule has 1 atom stereocenters. The first kappa shape index (κ1) is 24.6. The first-order chi connectivity index (χ1) is 17.9. The SMILES string of the molecule is C=C(NS(=O)[O-])c1ccnc(-c2nccc3c(N)nc(Nc4ccc(N5CCN(C)CC5)cc4)nc23)c1. The van der Waals surface area contributed by atoms with Gasteiger partial charge in [0, 0.05) is 77.9 Å². The molecule has 4 heterocycles. The van der Waals surface area contributed by atoms with Crippen LogP contribution < -0.4 is 20.7 Å². The van der Waals surface area contributed by atoms with E-state index in [1.807, 2.05) is 12.1 Å². The molecule has 0 aliphatic carbocycles. The third-order valence-corrected chi connectivity index (χ3v) is 6.61. The van der Waals surface area contributed by atoms with Crippen LogP contribution in [-0.4, -0.2) is 66.8 Å². The van der Waals surface area contributed by atoms with Crippen molar-refractivity contribution >= 4 is 51.0 Å². The first-order valence-electron chi connectivity index (χ1n) is 11.6. The number of aromatic nitrogens is 4. The van der Waals surface area contributed by atoms with Crippen molar-refractivity contribution in [1.82, 2.24) is 29.6 Å². The van der Waals surface area contributed by atoms with Crippen molar-refractivity contribution in [3.8, 4) is 11.4 Å². The number of hydrogen-bond donors (Lipinski definition) is 3. The zero-order chi connectivity index (χ0) is 25.9. The maximum absolute atomic E-state index is 11.0. The largest absolute Gasteiger partial charge is 0.755 e. The van der Waals surface area contributed by atoms with Gasteiger partial charge < -0.3 is 30.1 Å². The van der Waals surface area contributed by atoms with Crippen LogP contribution in [0, 0.1) is 0 Å². The smallest absolute Gasteiger partial charge is 0.229 e. The van der Waals surface area contributed by atoms with Crippen LogP contribution in [-0.2, 0) is 11.3 Å². The van der Waals surface area contributed by atoms with Crippen LogP contribution in [0.3, 0.4) is 0 Å². The maximum Gasteiger partial charge on any atom is 0.229 e.